The van der Waals surface area contributed by atoms with Gasteiger partial charge in [-0.05, 0) is 12.3 Å². The van der Waals surface area contributed by atoms with Gasteiger partial charge in [0.05, 0.1) is 0 Å². The largest absolute Gasteiger partial charge is 0.262 e. The van der Waals surface area contributed by atoms with Gasteiger partial charge in [0.25, 0.3) is 0 Å². The molecule has 1 aliphatic rings. The topological polar surface area (TPSA) is 12.4 Å². The van der Waals surface area contributed by atoms with Crippen molar-refractivity contribution in [3.63, 3.8) is 0 Å². The summed E-state index contributed by atoms with van der Waals surface area (Å²) in [5.41, 5.74) is 2.61. The number of hydrogen-bond donors (Lipinski definition) is 0. The van der Waals surface area contributed by atoms with Crippen LogP contribution in [-0.4, -0.2) is 5.71 Å². The van der Waals surface area contributed by atoms with E-state index in [1.165, 1.54) is 11.4 Å². The number of aliphatic imine (C=N–C) groups is 1. The summed E-state index contributed by atoms with van der Waals surface area (Å²) >= 11 is 0. The Hall–Kier alpha value is -0.590. The van der Waals surface area contributed by atoms with Gasteiger partial charge in [-0.2, -0.15) is 0 Å². The van der Waals surface area contributed by atoms with Crippen LogP contribution in [0.4, 0.5) is 0 Å². The van der Waals surface area contributed by atoms with Crippen molar-refractivity contribution in [2.24, 2.45) is 10.9 Å². The van der Waals surface area contributed by atoms with E-state index in [-0.39, 0.29) is 0 Å². The first kappa shape index (κ1) is 7.52. The Morgan fingerprint density at radius 2 is 2.30 bits per heavy atom. The maximum Gasteiger partial charge on any atom is 0.0392 e. The van der Waals surface area contributed by atoms with Crippen molar-refractivity contribution < 1.29 is 0 Å². The maximum absolute atomic E-state index is 4.48. The third-order valence-electron chi connectivity index (χ3n) is 1.83. The van der Waals surface area contributed by atoms with E-state index in [9.17, 15) is 0 Å². The fraction of sp³-hybridized carbons (Fsp3) is 0.667. The zero-order valence-electron chi connectivity index (χ0n) is 7.02. The van der Waals surface area contributed by atoms with Crippen molar-refractivity contribution in [3.8, 4) is 0 Å². The number of hydrogen-bond acceptors (Lipinski definition) is 1. The van der Waals surface area contributed by atoms with Gasteiger partial charge in [0.15, 0.2) is 0 Å². The highest BCUT2D eigenvalue weighted by Gasteiger charge is 2.08. The number of rotatable bonds is 2. The molecule has 0 bridgehead atoms. The van der Waals surface area contributed by atoms with E-state index in [0.717, 1.165) is 12.8 Å². The van der Waals surface area contributed by atoms with Crippen LogP contribution in [0.3, 0.4) is 0 Å². The molecule has 0 aromatic rings. The summed E-state index contributed by atoms with van der Waals surface area (Å²) in [5.74, 6) is 0.601. The molecule has 0 atom stereocenters. The zero-order valence-corrected chi connectivity index (χ0v) is 7.02. The van der Waals surface area contributed by atoms with E-state index in [1.54, 1.807) is 0 Å². The van der Waals surface area contributed by atoms with Crippen LogP contribution in [0.5, 0.6) is 0 Å². The third-order valence-corrected chi connectivity index (χ3v) is 1.83. The Bertz CT molecular complexity index is 175. The molecule has 0 fully saturated rings. The molecule has 0 N–H and O–H groups in total. The van der Waals surface area contributed by atoms with Crippen LogP contribution in [0.15, 0.2) is 16.8 Å². The Morgan fingerprint density at radius 3 is 2.60 bits per heavy atom. The summed E-state index contributed by atoms with van der Waals surface area (Å²) in [6.07, 6.45) is 4.43. The van der Waals surface area contributed by atoms with Crippen molar-refractivity contribution in [1.82, 2.24) is 0 Å². The minimum atomic E-state index is 0.601. The molecule has 0 spiro atoms. The number of nitrogens with zero attached hydrogens (tertiary/aromatic N) is 1. The van der Waals surface area contributed by atoms with Gasteiger partial charge in [0.1, 0.15) is 0 Å². The van der Waals surface area contributed by atoms with Gasteiger partial charge >= 0.3 is 0 Å². The Labute approximate surface area is 62.9 Å². The molecule has 0 amide bonds. The van der Waals surface area contributed by atoms with E-state index < -0.39 is 0 Å². The first-order valence-electron chi connectivity index (χ1n) is 4.00. The van der Waals surface area contributed by atoms with Gasteiger partial charge in [-0.3, -0.25) is 4.99 Å². The van der Waals surface area contributed by atoms with Crippen LogP contribution >= 0.6 is 0 Å². The highest BCUT2D eigenvalue weighted by atomic mass is 14.8. The molecule has 56 valence electrons. The molecule has 0 aromatic heterocycles. The van der Waals surface area contributed by atoms with Gasteiger partial charge in [-0.25, -0.2) is 0 Å². The van der Waals surface area contributed by atoms with Crippen LogP contribution in [-0.2, 0) is 0 Å². The highest BCUT2D eigenvalue weighted by Crippen LogP contribution is 2.19. The van der Waals surface area contributed by atoms with Crippen molar-refractivity contribution in [2.45, 2.75) is 33.6 Å². The normalized spacial score (nSPS) is 17.6. The van der Waals surface area contributed by atoms with Gasteiger partial charge in [0, 0.05) is 17.8 Å². The molecule has 0 saturated heterocycles. The maximum atomic E-state index is 4.48. The van der Waals surface area contributed by atoms with Crippen LogP contribution in [0.1, 0.15) is 33.6 Å². The van der Waals surface area contributed by atoms with E-state index in [4.69, 9.17) is 0 Å². The molecule has 1 rings (SSSR count). The van der Waals surface area contributed by atoms with Gasteiger partial charge in [-0.15, -0.1) is 0 Å². The average Bonchev–Trinajstić information content (AvgIpc) is 2.34. The Balaban J connectivity index is 2.59. The first-order valence-corrected chi connectivity index (χ1v) is 4.00. The minimum absolute atomic E-state index is 0.601. The van der Waals surface area contributed by atoms with Crippen molar-refractivity contribution in [1.29, 1.82) is 0 Å². The summed E-state index contributed by atoms with van der Waals surface area (Å²) in [6, 6.07) is 0. The lowest BCUT2D eigenvalue weighted by Gasteiger charge is -2.00. The van der Waals surface area contributed by atoms with E-state index in [0.29, 0.717) is 5.92 Å². The first-order chi connectivity index (χ1) is 4.74. The molecule has 1 nitrogen and oxygen atoms in total. The fourth-order valence-corrected chi connectivity index (χ4v) is 1.08. The van der Waals surface area contributed by atoms with Crippen LogP contribution in [0.25, 0.3) is 0 Å². The molecule has 1 heteroatoms. The van der Waals surface area contributed by atoms with E-state index >= 15 is 0 Å². The van der Waals surface area contributed by atoms with Gasteiger partial charge in [-0.1, -0.05) is 26.8 Å². The second kappa shape index (κ2) is 3.00. The molecule has 1 heterocycles. The highest BCUT2D eigenvalue weighted by molar-refractivity contribution is 5.88. The summed E-state index contributed by atoms with van der Waals surface area (Å²) in [4.78, 5) is 4.48. The minimum Gasteiger partial charge on any atom is -0.262 e. The average molecular weight is 137 g/mol. The Morgan fingerprint density at radius 1 is 1.60 bits per heavy atom. The van der Waals surface area contributed by atoms with Crippen molar-refractivity contribution in [2.75, 3.05) is 0 Å². The molecule has 1 aliphatic heterocycles. The standard InChI is InChI=1S/C9H15N/c1-4-8-5-6-9(10-8)7(2)3/h6-7H,4-5H2,1-3H3. The molecular weight excluding hydrogens is 122 g/mol. The predicted molar refractivity (Wildman–Crippen MR) is 45.3 cm³/mol. The molecular formula is C9H15N. The number of allylic oxidation sites excluding steroid dienone is 2. The fourth-order valence-electron chi connectivity index (χ4n) is 1.08. The summed E-state index contributed by atoms with van der Waals surface area (Å²) in [5, 5.41) is 0. The summed E-state index contributed by atoms with van der Waals surface area (Å²) in [7, 11) is 0. The second-order valence-corrected chi connectivity index (χ2v) is 3.02. The molecule has 0 aliphatic carbocycles. The monoisotopic (exact) mass is 137 g/mol. The van der Waals surface area contributed by atoms with E-state index in [2.05, 4.69) is 31.8 Å². The molecule has 10 heavy (non-hydrogen) atoms. The summed E-state index contributed by atoms with van der Waals surface area (Å²) < 4.78 is 0. The molecule has 0 saturated carbocycles. The van der Waals surface area contributed by atoms with Crippen molar-refractivity contribution in [3.05, 3.63) is 11.8 Å². The molecule has 0 aromatic carbocycles. The van der Waals surface area contributed by atoms with Crippen molar-refractivity contribution >= 4 is 5.71 Å². The van der Waals surface area contributed by atoms with Crippen LogP contribution < -0.4 is 0 Å². The third kappa shape index (κ3) is 1.47. The second-order valence-electron chi connectivity index (χ2n) is 3.02. The van der Waals surface area contributed by atoms with Crippen LogP contribution in [0.2, 0.25) is 0 Å². The lowest BCUT2D eigenvalue weighted by atomic mass is 10.1. The lowest BCUT2D eigenvalue weighted by Crippen LogP contribution is -1.90. The van der Waals surface area contributed by atoms with Crippen LogP contribution in [0, 0.1) is 5.92 Å². The van der Waals surface area contributed by atoms with E-state index in [1.807, 2.05) is 0 Å². The van der Waals surface area contributed by atoms with Gasteiger partial charge < -0.3 is 0 Å². The predicted octanol–water partition coefficient (Wildman–Crippen LogP) is 2.78. The molecule has 0 radical (unpaired) electrons. The molecule has 0 unspecified atom stereocenters. The SMILES string of the molecule is CCC1=NC(C(C)C)=CC1. The smallest absolute Gasteiger partial charge is 0.0392 e. The Kier molecular flexibility index (Phi) is 2.25. The quantitative estimate of drug-likeness (QED) is 0.555. The van der Waals surface area contributed by atoms with Gasteiger partial charge in [0.2, 0.25) is 0 Å². The zero-order chi connectivity index (χ0) is 7.56. The lowest BCUT2D eigenvalue weighted by molar-refractivity contribution is 0.761. The summed E-state index contributed by atoms with van der Waals surface area (Å²) in [6.45, 7) is 6.54.